The molecule has 0 radical (unpaired) electrons. The number of nitrogens with zero attached hydrogens (tertiary/aromatic N) is 2. The molecular formula is C5H6N2O. The molecule has 42 valence electrons. The smallest absolute Gasteiger partial charge is 0.213 e. The van der Waals surface area contributed by atoms with Crippen LogP contribution < -0.4 is 0 Å². The fraction of sp³-hybridized carbons (Fsp3) is 0.200. The van der Waals surface area contributed by atoms with E-state index in [9.17, 15) is 0 Å². The van der Waals surface area contributed by atoms with E-state index in [2.05, 4.69) is 21.2 Å². The highest BCUT2D eigenvalue weighted by atomic mass is 16.5. The summed E-state index contributed by atoms with van der Waals surface area (Å²) in [4.78, 5) is 3.76. The van der Waals surface area contributed by atoms with Gasteiger partial charge in [-0.3, -0.25) is 0 Å². The third kappa shape index (κ3) is 0.932. The molecule has 0 saturated heterocycles. The predicted molar refractivity (Wildman–Crippen MR) is 28.2 cm³/mol. The van der Waals surface area contributed by atoms with Crippen molar-refractivity contribution in [3.8, 4) is 0 Å². The number of hydrogen-bond donors (Lipinski definition) is 0. The van der Waals surface area contributed by atoms with E-state index in [4.69, 9.17) is 0 Å². The molecule has 0 spiro atoms. The normalized spacial score (nSPS) is 9.00. The molecule has 0 aliphatic rings. The van der Waals surface area contributed by atoms with Crippen LogP contribution >= 0.6 is 0 Å². The average Bonchev–Trinajstić information content (AvgIpc) is 2.19. The van der Waals surface area contributed by atoms with Crippen LogP contribution in [0.3, 0.4) is 0 Å². The predicted octanol–water partition coefficient (Wildman–Crippen LogP) is 0.798. The SMILES string of the molecule is C=CCc1ncon1. The first kappa shape index (κ1) is 5.03. The van der Waals surface area contributed by atoms with Crippen LogP contribution in [-0.4, -0.2) is 10.1 Å². The minimum absolute atomic E-state index is 0.677. The van der Waals surface area contributed by atoms with Gasteiger partial charge in [0.2, 0.25) is 6.39 Å². The molecular weight excluding hydrogens is 104 g/mol. The van der Waals surface area contributed by atoms with Gasteiger partial charge in [0.15, 0.2) is 5.82 Å². The van der Waals surface area contributed by atoms with Gasteiger partial charge in [-0.05, 0) is 0 Å². The van der Waals surface area contributed by atoms with Gasteiger partial charge < -0.3 is 4.52 Å². The molecule has 0 atom stereocenters. The monoisotopic (exact) mass is 110 g/mol. The van der Waals surface area contributed by atoms with Crippen LogP contribution in [0.15, 0.2) is 23.6 Å². The summed E-state index contributed by atoms with van der Waals surface area (Å²) in [5, 5.41) is 3.55. The Morgan fingerprint density at radius 1 is 1.88 bits per heavy atom. The summed E-state index contributed by atoms with van der Waals surface area (Å²) in [6, 6.07) is 0. The molecule has 0 amide bonds. The van der Waals surface area contributed by atoms with Crippen molar-refractivity contribution in [2.24, 2.45) is 0 Å². The maximum atomic E-state index is 4.46. The van der Waals surface area contributed by atoms with Gasteiger partial charge in [0, 0.05) is 6.42 Å². The lowest BCUT2D eigenvalue weighted by atomic mass is 10.4. The number of hydrogen-bond acceptors (Lipinski definition) is 3. The second-order valence-corrected chi connectivity index (χ2v) is 1.34. The Bertz CT molecular complexity index is 157. The van der Waals surface area contributed by atoms with Crippen molar-refractivity contribution >= 4 is 0 Å². The van der Waals surface area contributed by atoms with Gasteiger partial charge in [0.1, 0.15) is 0 Å². The minimum atomic E-state index is 0.677. The molecule has 1 aromatic heterocycles. The van der Waals surface area contributed by atoms with Crippen LogP contribution in [0.4, 0.5) is 0 Å². The summed E-state index contributed by atoms with van der Waals surface area (Å²) in [5.74, 6) is 0.681. The van der Waals surface area contributed by atoms with E-state index in [0.717, 1.165) is 0 Å². The van der Waals surface area contributed by atoms with Crippen LogP contribution in [-0.2, 0) is 6.42 Å². The Labute approximate surface area is 47.0 Å². The third-order valence-electron chi connectivity index (χ3n) is 0.734. The zero-order valence-electron chi connectivity index (χ0n) is 4.37. The summed E-state index contributed by atoms with van der Waals surface area (Å²) in [6.45, 7) is 3.51. The van der Waals surface area contributed by atoms with Crippen molar-refractivity contribution in [3.63, 3.8) is 0 Å². The van der Waals surface area contributed by atoms with Gasteiger partial charge >= 0.3 is 0 Å². The van der Waals surface area contributed by atoms with E-state index in [0.29, 0.717) is 12.2 Å². The molecule has 0 aliphatic carbocycles. The van der Waals surface area contributed by atoms with E-state index in [1.54, 1.807) is 6.08 Å². The Morgan fingerprint density at radius 3 is 3.25 bits per heavy atom. The molecule has 8 heavy (non-hydrogen) atoms. The standard InChI is InChI=1S/C5H6N2O/c1-2-3-5-6-4-8-7-5/h2,4H,1,3H2. The maximum absolute atomic E-state index is 4.46. The first-order valence-corrected chi connectivity index (χ1v) is 2.29. The molecule has 0 aliphatic heterocycles. The summed E-state index contributed by atoms with van der Waals surface area (Å²) >= 11 is 0. The summed E-state index contributed by atoms with van der Waals surface area (Å²) in [7, 11) is 0. The molecule has 1 aromatic rings. The third-order valence-corrected chi connectivity index (χ3v) is 0.734. The van der Waals surface area contributed by atoms with E-state index in [1.807, 2.05) is 0 Å². The van der Waals surface area contributed by atoms with Gasteiger partial charge in [-0.15, -0.1) is 6.58 Å². The van der Waals surface area contributed by atoms with Crippen molar-refractivity contribution in [2.75, 3.05) is 0 Å². The molecule has 0 saturated carbocycles. The lowest BCUT2D eigenvalue weighted by molar-refractivity contribution is 0.411. The Hall–Kier alpha value is -1.12. The van der Waals surface area contributed by atoms with Crippen molar-refractivity contribution in [1.82, 2.24) is 10.1 Å². The van der Waals surface area contributed by atoms with Crippen molar-refractivity contribution in [2.45, 2.75) is 6.42 Å². The lowest BCUT2D eigenvalue weighted by Crippen LogP contribution is -1.80. The van der Waals surface area contributed by atoms with Crippen molar-refractivity contribution in [1.29, 1.82) is 0 Å². The number of aromatic nitrogens is 2. The van der Waals surface area contributed by atoms with E-state index in [-0.39, 0.29) is 0 Å². The second-order valence-electron chi connectivity index (χ2n) is 1.34. The van der Waals surface area contributed by atoms with Gasteiger partial charge in [-0.2, -0.15) is 4.98 Å². The average molecular weight is 110 g/mol. The summed E-state index contributed by atoms with van der Waals surface area (Å²) < 4.78 is 4.46. The largest absolute Gasteiger partial charge is 0.343 e. The number of allylic oxidation sites excluding steroid dienone is 1. The summed E-state index contributed by atoms with van der Waals surface area (Å²) in [5.41, 5.74) is 0. The Kier molecular flexibility index (Phi) is 1.42. The molecule has 0 bridgehead atoms. The van der Waals surface area contributed by atoms with E-state index >= 15 is 0 Å². The molecule has 3 heteroatoms. The quantitative estimate of drug-likeness (QED) is 0.528. The molecule has 1 rings (SSSR count). The van der Waals surface area contributed by atoms with Gasteiger partial charge in [0.05, 0.1) is 0 Å². The Balaban J connectivity index is 2.62. The van der Waals surface area contributed by atoms with Gasteiger partial charge in [-0.25, -0.2) is 0 Å². The molecule has 0 fully saturated rings. The molecule has 1 heterocycles. The fourth-order valence-electron chi connectivity index (χ4n) is 0.411. The topological polar surface area (TPSA) is 38.9 Å². The van der Waals surface area contributed by atoms with Crippen molar-refractivity contribution < 1.29 is 4.52 Å². The first-order chi connectivity index (χ1) is 3.93. The van der Waals surface area contributed by atoms with E-state index in [1.165, 1.54) is 6.39 Å². The van der Waals surface area contributed by atoms with Crippen LogP contribution in [0.2, 0.25) is 0 Å². The highest BCUT2D eigenvalue weighted by Gasteiger charge is 1.90. The zero-order valence-corrected chi connectivity index (χ0v) is 4.37. The zero-order chi connectivity index (χ0) is 5.82. The lowest BCUT2D eigenvalue weighted by Gasteiger charge is -1.76. The van der Waals surface area contributed by atoms with Crippen LogP contribution in [0, 0.1) is 0 Å². The fourth-order valence-corrected chi connectivity index (χ4v) is 0.411. The highest BCUT2D eigenvalue weighted by Crippen LogP contribution is 1.88. The first-order valence-electron chi connectivity index (χ1n) is 2.29. The van der Waals surface area contributed by atoms with Crippen LogP contribution in [0.25, 0.3) is 0 Å². The number of rotatable bonds is 2. The van der Waals surface area contributed by atoms with Gasteiger partial charge in [0.25, 0.3) is 0 Å². The minimum Gasteiger partial charge on any atom is -0.343 e. The molecule has 0 N–H and O–H groups in total. The molecule has 0 aromatic carbocycles. The maximum Gasteiger partial charge on any atom is 0.213 e. The summed E-state index contributed by atoms with van der Waals surface area (Å²) in [6.07, 6.45) is 3.71. The second kappa shape index (κ2) is 2.26. The van der Waals surface area contributed by atoms with Crippen LogP contribution in [0.1, 0.15) is 5.82 Å². The van der Waals surface area contributed by atoms with Crippen molar-refractivity contribution in [3.05, 3.63) is 24.9 Å². The molecule has 0 unspecified atom stereocenters. The van der Waals surface area contributed by atoms with E-state index < -0.39 is 0 Å². The Morgan fingerprint density at radius 2 is 2.75 bits per heavy atom. The molecule has 3 nitrogen and oxygen atoms in total. The van der Waals surface area contributed by atoms with Gasteiger partial charge in [-0.1, -0.05) is 11.2 Å². The van der Waals surface area contributed by atoms with Crippen LogP contribution in [0.5, 0.6) is 0 Å². The highest BCUT2D eigenvalue weighted by molar-refractivity contribution is 4.86.